The van der Waals surface area contributed by atoms with Crippen molar-refractivity contribution in [2.75, 3.05) is 7.05 Å². The summed E-state index contributed by atoms with van der Waals surface area (Å²) >= 11 is 6.10. The van der Waals surface area contributed by atoms with E-state index in [1.165, 1.54) is 0 Å². The number of halogens is 1. The van der Waals surface area contributed by atoms with Crippen LogP contribution in [-0.4, -0.2) is 16.8 Å². The van der Waals surface area contributed by atoms with Gasteiger partial charge in [-0.1, -0.05) is 11.6 Å². The van der Waals surface area contributed by atoms with Crippen LogP contribution in [0.5, 0.6) is 0 Å². The second kappa shape index (κ2) is 4.94. The molecule has 0 aliphatic carbocycles. The molecule has 17 heavy (non-hydrogen) atoms. The third kappa shape index (κ3) is 2.53. The van der Waals surface area contributed by atoms with Crippen molar-refractivity contribution in [3.63, 3.8) is 0 Å². The van der Waals surface area contributed by atoms with Crippen LogP contribution >= 0.6 is 11.6 Å². The average Bonchev–Trinajstić information content (AvgIpc) is 2.82. The maximum atomic E-state index is 6.10. The Hall–Kier alpha value is -1.26. The second-order valence-corrected chi connectivity index (χ2v) is 4.47. The predicted octanol–water partition coefficient (Wildman–Crippen LogP) is 2.51. The first-order valence-electron chi connectivity index (χ1n) is 5.52. The molecule has 0 unspecified atom stereocenters. The lowest BCUT2D eigenvalue weighted by Gasteiger charge is -2.00. The molecule has 92 valence electrons. The van der Waals surface area contributed by atoms with Crippen LogP contribution in [0.25, 0.3) is 0 Å². The first-order chi connectivity index (χ1) is 8.11. The SMILES string of the molecule is CNCc1coc(Cn2nc(C)c(Cl)c2C)c1. The molecule has 0 bridgehead atoms. The highest BCUT2D eigenvalue weighted by molar-refractivity contribution is 6.31. The summed E-state index contributed by atoms with van der Waals surface area (Å²) in [6.45, 7) is 5.28. The Morgan fingerprint density at radius 3 is 2.82 bits per heavy atom. The summed E-state index contributed by atoms with van der Waals surface area (Å²) in [5, 5.41) is 8.18. The molecule has 2 aromatic rings. The highest BCUT2D eigenvalue weighted by Gasteiger charge is 2.10. The molecular weight excluding hydrogens is 238 g/mol. The fourth-order valence-corrected chi connectivity index (χ4v) is 1.92. The van der Waals surface area contributed by atoms with Gasteiger partial charge in [0, 0.05) is 12.1 Å². The number of furan rings is 1. The molecule has 0 saturated carbocycles. The van der Waals surface area contributed by atoms with Crippen LogP contribution in [0.15, 0.2) is 16.7 Å². The number of nitrogens with zero attached hydrogens (tertiary/aromatic N) is 2. The number of hydrogen-bond acceptors (Lipinski definition) is 3. The van der Waals surface area contributed by atoms with E-state index in [1.54, 1.807) is 6.26 Å². The monoisotopic (exact) mass is 253 g/mol. The summed E-state index contributed by atoms with van der Waals surface area (Å²) in [4.78, 5) is 0. The Morgan fingerprint density at radius 1 is 1.47 bits per heavy atom. The van der Waals surface area contributed by atoms with E-state index in [4.69, 9.17) is 16.0 Å². The van der Waals surface area contributed by atoms with Crippen molar-refractivity contribution < 1.29 is 4.42 Å². The van der Waals surface area contributed by atoms with Gasteiger partial charge in [-0.3, -0.25) is 4.68 Å². The molecule has 4 nitrogen and oxygen atoms in total. The molecule has 0 aromatic carbocycles. The van der Waals surface area contributed by atoms with Gasteiger partial charge >= 0.3 is 0 Å². The van der Waals surface area contributed by atoms with E-state index >= 15 is 0 Å². The Bertz CT molecular complexity index is 516. The summed E-state index contributed by atoms with van der Waals surface area (Å²) in [6.07, 6.45) is 1.76. The smallest absolute Gasteiger partial charge is 0.125 e. The first kappa shape index (κ1) is 12.2. The quantitative estimate of drug-likeness (QED) is 0.911. The normalized spacial score (nSPS) is 11.1. The third-order valence-electron chi connectivity index (χ3n) is 2.69. The number of hydrogen-bond donors (Lipinski definition) is 1. The number of aromatic nitrogens is 2. The largest absolute Gasteiger partial charge is 0.467 e. The minimum atomic E-state index is 0.614. The van der Waals surface area contributed by atoms with Gasteiger partial charge in [-0.2, -0.15) is 5.10 Å². The lowest BCUT2D eigenvalue weighted by Crippen LogP contribution is -2.04. The standard InChI is InChI=1S/C12H16ClN3O/c1-8-12(13)9(2)16(15-8)6-11-4-10(5-14-3)7-17-11/h4,7,14H,5-6H2,1-3H3. The molecule has 1 N–H and O–H groups in total. The zero-order valence-corrected chi connectivity index (χ0v) is 11.0. The predicted molar refractivity (Wildman–Crippen MR) is 67.3 cm³/mol. The Labute approximate surface area is 106 Å². The lowest BCUT2D eigenvalue weighted by atomic mass is 10.3. The summed E-state index contributed by atoms with van der Waals surface area (Å²) in [5.74, 6) is 0.887. The van der Waals surface area contributed by atoms with Gasteiger partial charge in [-0.15, -0.1) is 0 Å². The van der Waals surface area contributed by atoms with Crippen molar-refractivity contribution in [1.29, 1.82) is 0 Å². The minimum absolute atomic E-state index is 0.614. The van der Waals surface area contributed by atoms with Gasteiger partial charge in [0.1, 0.15) is 5.76 Å². The zero-order valence-electron chi connectivity index (χ0n) is 10.2. The van der Waals surface area contributed by atoms with Crippen LogP contribution in [0.2, 0.25) is 5.02 Å². The van der Waals surface area contributed by atoms with Gasteiger partial charge in [0.2, 0.25) is 0 Å². The van der Waals surface area contributed by atoms with Crippen LogP contribution in [-0.2, 0) is 13.1 Å². The van der Waals surface area contributed by atoms with Crippen molar-refractivity contribution in [3.8, 4) is 0 Å². The second-order valence-electron chi connectivity index (χ2n) is 4.09. The van der Waals surface area contributed by atoms with Crippen LogP contribution in [0.1, 0.15) is 22.7 Å². The molecule has 2 rings (SSSR count). The van der Waals surface area contributed by atoms with Crippen molar-refractivity contribution in [1.82, 2.24) is 15.1 Å². The molecule has 0 aliphatic heterocycles. The van der Waals surface area contributed by atoms with Gasteiger partial charge in [-0.25, -0.2) is 0 Å². The summed E-state index contributed by atoms with van der Waals surface area (Å²) in [5.41, 5.74) is 2.96. The Morgan fingerprint density at radius 2 is 2.24 bits per heavy atom. The Kier molecular flexibility index (Phi) is 3.54. The Balaban J connectivity index is 2.16. The van der Waals surface area contributed by atoms with E-state index in [-0.39, 0.29) is 0 Å². The number of aryl methyl sites for hydroxylation is 1. The van der Waals surface area contributed by atoms with Crippen molar-refractivity contribution in [2.45, 2.75) is 26.9 Å². The molecule has 0 spiro atoms. The molecule has 0 saturated heterocycles. The van der Waals surface area contributed by atoms with Crippen molar-refractivity contribution in [3.05, 3.63) is 40.1 Å². The maximum Gasteiger partial charge on any atom is 0.125 e. The van der Waals surface area contributed by atoms with Gasteiger partial charge in [0.15, 0.2) is 0 Å². The van der Waals surface area contributed by atoms with E-state index in [1.807, 2.05) is 31.6 Å². The lowest BCUT2D eigenvalue weighted by molar-refractivity contribution is 0.474. The topological polar surface area (TPSA) is 43.0 Å². The highest BCUT2D eigenvalue weighted by atomic mass is 35.5. The third-order valence-corrected chi connectivity index (χ3v) is 3.23. The van der Waals surface area contributed by atoms with Crippen LogP contribution in [0.4, 0.5) is 0 Å². The highest BCUT2D eigenvalue weighted by Crippen LogP contribution is 2.20. The molecule has 0 amide bonds. The van der Waals surface area contributed by atoms with Crippen molar-refractivity contribution >= 4 is 11.6 Å². The maximum absolute atomic E-state index is 6.10. The number of rotatable bonds is 4. The molecule has 5 heteroatoms. The fourth-order valence-electron chi connectivity index (χ4n) is 1.78. The summed E-state index contributed by atoms with van der Waals surface area (Å²) in [6, 6.07) is 2.03. The molecule has 0 fully saturated rings. The summed E-state index contributed by atoms with van der Waals surface area (Å²) < 4.78 is 7.34. The van der Waals surface area contributed by atoms with E-state index in [0.29, 0.717) is 6.54 Å². The molecule has 2 heterocycles. The zero-order chi connectivity index (χ0) is 12.4. The van der Waals surface area contributed by atoms with Crippen molar-refractivity contribution in [2.24, 2.45) is 0 Å². The van der Waals surface area contributed by atoms with E-state index in [0.717, 1.165) is 34.3 Å². The van der Waals surface area contributed by atoms with E-state index in [2.05, 4.69) is 10.4 Å². The first-order valence-corrected chi connectivity index (χ1v) is 5.90. The summed E-state index contributed by atoms with van der Waals surface area (Å²) in [7, 11) is 1.91. The van der Waals surface area contributed by atoms with Gasteiger partial charge in [0.25, 0.3) is 0 Å². The minimum Gasteiger partial charge on any atom is -0.467 e. The van der Waals surface area contributed by atoms with Gasteiger partial charge in [0.05, 0.1) is 29.2 Å². The van der Waals surface area contributed by atoms with Gasteiger partial charge in [-0.05, 0) is 27.0 Å². The van der Waals surface area contributed by atoms with Crippen LogP contribution < -0.4 is 5.32 Å². The molecule has 0 radical (unpaired) electrons. The fraction of sp³-hybridized carbons (Fsp3) is 0.417. The van der Waals surface area contributed by atoms with E-state index in [9.17, 15) is 0 Å². The van der Waals surface area contributed by atoms with Gasteiger partial charge < -0.3 is 9.73 Å². The average molecular weight is 254 g/mol. The van der Waals surface area contributed by atoms with Crippen LogP contribution in [0, 0.1) is 13.8 Å². The molecular formula is C12H16ClN3O. The van der Waals surface area contributed by atoms with Crippen LogP contribution in [0.3, 0.4) is 0 Å². The molecule has 2 aromatic heterocycles. The number of nitrogens with one attached hydrogen (secondary N) is 1. The molecule has 0 atom stereocenters. The van der Waals surface area contributed by atoms with E-state index < -0.39 is 0 Å². The molecule has 0 aliphatic rings.